The van der Waals surface area contributed by atoms with E-state index < -0.39 is 10.1 Å². The molecule has 142 valence electrons. The molecule has 0 bridgehead atoms. The number of rotatable bonds is 3. The third kappa shape index (κ3) is 6.75. The molecule has 0 aliphatic carbocycles. The van der Waals surface area contributed by atoms with Gasteiger partial charge in [-0.3, -0.25) is 0 Å². The van der Waals surface area contributed by atoms with Gasteiger partial charge >= 0.3 is 21.2 Å². The molecule has 0 aliphatic heterocycles. The molecule has 0 aliphatic rings. The highest BCUT2D eigenvalue weighted by atomic mass is 127. The lowest BCUT2D eigenvalue weighted by molar-refractivity contribution is -0.598. The van der Waals surface area contributed by atoms with Crippen LogP contribution >= 0.6 is 0 Å². The van der Waals surface area contributed by atoms with Gasteiger partial charge in [0.15, 0.2) is 7.14 Å². The monoisotopic (exact) mass is 494 g/mol. The molecule has 3 aromatic rings. The van der Waals surface area contributed by atoms with E-state index in [0.717, 1.165) is 5.56 Å². The molecule has 3 aromatic carbocycles. The largest absolute Gasteiger partial charge is 0.744 e. The first-order chi connectivity index (χ1) is 12.7. The number of hydrogen-bond acceptors (Lipinski definition) is 3. The molecule has 5 heteroatoms. The molecular weight excluding hydrogens is 471 g/mol. The molecule has 0 atom stereocenters. The highest BCUT2D eigenvalue weighted by molar-refractivity contribution is 7.85. The molecule has 0 radical (unpaired) electrons. The summed E-state index contributed by atoms with van der Waals surface area (Å²) in [5, 5.41) is 0. The molecule has 0 fully saturated rings. The van der Waals surface area contributed by atoms with Gasteiger partial charge in [-0.25, -0.2) is 8.42 Å². The minimum absolute atomic E-state index is 0.0275. The Kier molecular flexibility index (Phi) is 7.59. The van der Waals surface area contributed by atoms with Gasteiger partial charge in [-0.2, -0.15) is 0 Å². The lowest BCUT2D eigenvalue weighted by atomic mass is 10.1. The maximum Gasteiger partial charge on any atom is 0.358 e. The zero-order valence-electron chi connectivity index (χ0n) is 15.9. The van der Waals surface area contributed by atoms with Crippen LogP contribution in [0, 0.1) is 34.8 Å². The SMILES string of the molecule is Cc1cc(C)c([I+]c2ccccc2)c(C)c1.Cc1ccc(S(=O)(=O)[O-])cc1. The standard InChI is InChI=1S/C15H16I.C7H8O3S/c1-11-9-12(2)15(13(3)10-11)16-14-7-5-4-6-8-14;1-6-2-4-7(5-3-6)11(8,9)10/h4-10H,1-3H3;2-5H,1H3,(H,8,9,10)/q+1;/p-1. The molecule has 27 heavy (non-hydrogen) atoms. The molecule has 0 amide bonds. The van der Waals surface area contributed by atoms with Gasteiger partial charge in [-0.15, -0.1) is 0 Å². The minimum Gasteiger partial charge on any atom is -0.744 e. The summed E-state index contributed by atoms with van der Waals surface area (Å²) in [4.78, 5) is -0.178. The van der Waals surface area contributed by atoms with Crippen LogP contribution in [-0.4, -0.2) is 13.0 Å². The first kappa shape index (κ1) is 21.6. The fraction of sp³-hybridized carbons (Fsp3) is 0.182. The first-order valence-corrected chi connectivity index (χ1v) is 12.0. The zero-order chi connectivity index (χ0) is 20.0. The van der Waals surface area contributed by atoms with Crippen molar-refractivity contribution >= 4 is 10.1 Å². The van der Waals surface area contributed by atoms with E-state index in [4.69, 9.17) is 0 Å². The Balaban J connectivity index is 0.000000208. The van der Waals surface area contributed by atoms with Gasteiger partial charge in [0.25, 0.3) is 0 Å². The van der Waals surface area contributed by atoms with E-state index in [1.165, 1.54) is 32.4 Å². The Morgan fingerprint density at radius 1 is 0.741 bits per heavy atom. The van der Waals surface area contributed by atoms with Crippen molar-refractivity contribution in [1.82, 2.24) is 0 Å². The van der Waals surface area contributed by atoms with Crippen LogP contribution in [0.4, 0.5) is 0 Å². The molecule has 0 heterocycles. The predicted octanol–water partition coefficient (Wildman–Crippen LogP) is 1.64. The van der Waals surface area contributed by atoms with Crippen molar-refractivity contribution in [3.05, 3.63) is 96.1 Å². The summed E-state index contributed by atoms with van der Waals surface area (Å²) in [6, 6.07) is 21.2. The fourth-order valence-corrected chi connectivity index (χ4v) is 5.63. The number of benzene rings is 3. The highest BCUT2D eigenvalue weighted by Gasteiger charge is 2.20. The van der Waals surface area contributed by atoms with Crippen LogP contribution in [0.5, 0.6) is 0 Å². The van der Waals surface area contributed by atoms with Crippen molar-refractivity contribution in [1.29, 1.82) is 0 Å². The van der Waals surface area contributed by atoms with Crippen molar-refractivity contribution < 1.29 is 34.2 Å². The zero-order valence-corrected chi connectivity index (χ0v) is 18.8. The van der Waals surface area contributed by atoms with Crippen LogP contribution < -0.4 is 21.2 Å². The van der Waals surface area contributed by atoms with E-state index in [1.54, 1.807) is 15.7 Å². The minimum atomic E-state index is -4.27. The summed E-state index contributed by atoms with van der Waals surface area (Å²) in [5.41, 5.74) is 5.21. The maximum atomic E-state index is 10.4. The molecular formula is C22H23IO3S. The van der Waals surface area contributed by atoms with Gasteiger partial charge in [0.05, 0.1) is 4.90 Å². The summed E-state index contributed by atoms with van der Waals surface area (Å²) in [7, 11) is -4.27. The Hall–Kier alpha value is -1.70. The van der Waals surface area contributed by atoms with Gasteiger partial charge in [0, 0.05) is 11.1 Å². The second-order valence-electron chi connectivity index (χ2n) is 6.37. The van der Waals surface area contributed by atoms with Crippen molar-refractivity contribution in [3.63, 3.8) is 0 Å². The summed E-state index contributed by atoms with van der Waals surface area (Å²) >= 11 is -0.0275. The van der Waals surface area contributed by atoms with Crippen molar-refractivity contribution in [2.24, 2.45) is 0 Å². The number of halogens is 1. The molecule has 0 aromatic heterocycles. The molecule has 3 nitrogen and oxygen atoms in total. The lowest BCUT2D eigenvalue weighted by Gasteiger charge is -2.05. The van der Waals surface area contributed by atoms with Gasteiger partial charge < -0.3 is 4.55 Å². The van der Waals surface area contributed by atoms with Gasteiger partial charge in [-0.05, 0) is 52.0 Å². The van der Waals surface area contributed by atoms with Gasteiger partial charge in [0.1, 0.15) is 10.1 Å². The van der Waals surface area contributed by atoms with Gasteiger partial charge in [0.2, 0.25) is 0 Å². The second-order valence-corrected chi connectivity index (χ2v) is 10.6. The third-order valence-electron chi connectivity index (χ3n) is 3.83. The third-order valence-corrected chi connectivity index (χ3v) is 8.26. The molecule has 0 unspecified atom stereocenters. The Labute approximate surface area is 172 Å². The Bertz CT molecular complexity index is 972. The average molecular weight is 494 g/mol. The maximum absolute atomic E-state index is 10.4. The Morgan fingerprint density at radius 3 is 1.74 bits per heavy atom. The van der Waals surface area contributed by atoms with E-state index in [1.807, 2.05) is 6.92 Å². The van der Waals surface area contributed by atoms with E-state index in [0.29, 0.717) is 0 Å². The molecule has 0 saturated heterocycles. The van der Waals surface area contributed by atoms with Crippen LogP contribution in [0.1, 0.15) is 22.3 Å². The summed E-state index contributed by atoms with van der Waals surface area (Å²) in [6.07, 6.45) is 0. The molecule has 3 rings (SSSR count). The van der Waals surface area contributed by atoms with E-state index in [2.05, 4.69) is 63.2 Å². The number of aryl methyl sites for hydroxylation is 4. The summed E-state index contributed by atoms with van der Waals surface area (Å²) < 4.78 is 34.2. The van der Waals surface area contributed by atoms with E-state index in [9.17, 15) is 13.0 Å². The highest BCUT2D eigenvalue weighted by Crippen LogP contribution is 2.09. The second kappa shape index (κ2) is 9.48. The smallest absolute Gasteiger partial charge is 0.358 e. The molecule has 0 spiro atoms. The van der Waals surface area contributed by atoms with Crippen molar-refractivity contribution in [3.8, 4) is 0 Å². The topological polar surface area (TPSA) is 57.2 Å². The molecule has 0 saturated carbocycles. The van der Waals surface area contributed by atoms with Crippen molar-refractivity contribution in [2.45, 2.75) is 32.6 Å². The van der Waals surface area contributed by atoms with Crippen LogP contribution in [0.3, 0.4) is 0 Å². The first-order valence-electron chi connectivity index (χ1n) is 8.47. The van der Waals surface area contributed by atoms with Crippen LogP contribution in [0.15, 0.2) is 71.6 Å². The van der Waals surface area contributed by atoms with E-state index >= 15 is 0 Å². The fourth-order valence-electron chi connectivity index (χ4n) is 2.60. The average Bonchev–Trinajstić information content (AvgIpc) is 2.59. The summed E-state index contributed by atoms with van der Waals surface area (Å²) in [5.74, 6) is 0. The van der Waals surface area contributed by atoms with E-state index in [-0.39, 0.29) is 26.1 Å². The lowest BCUT2D eigenvalue weighted by Crippen LogP contribution is -3.62. The quantitative estimate of drug-likeness (QED) is 0.411. The van der Waals surface area contributed by atoms with Gasteiger partial charge in [-0.1, -0.05) is 53.6 Å². The van der Waals surface area contributed by atoms with Crippen LogP contribution in [0.2, 0.25) is 0 Å². The number of hydrogen-bond donors (Lipinski definition) is 0. The van der Waals surface area contributed by atoms with Crippen molar-refractivity contribution in [2.75, 3.05) is 0 Å². The normalized spacial score (nSPS) is 10.9. The predicted molar refractivity (Wildman–Crippen MR) is 104 cm³/mol. The summed E-state index contributed by atoms with van der Waals surface area (Å²) in [6.45, 7) is 8.46. The molecule has 0 N–H and O–H groups in total. The Morgan fingerprint density at radius 2 is 1.26 bits per heavy atom. The van der Waals surface area contributed by atoms with Crippen LogP contribution in [0.25, 0.3) is 0 Å². The van der Waals surface area contributed by atoms with Crippen LogP contribution in [-0.2, 0) is 10.1 Å².